The molecule has 1 rings (SSSR count). The van der Waals surface area contributed by atoms with Crippen LogP contribution in [0.15, 0.2) is 22.8 Å². The summed E-state index contributed by atoms with van der Waals surface area (Å²) in [6.07, 6.45) is 2.74. The summed E-state index contributed by atoms with van der Waals surface area (Å²) in [7, 11) is 0. The Morgan fingerprint density at radius 1 is 1.36 bits per heavy atom. The maximum Gasteiger partial charge on any atom is 0.228 e. The van der Waals surface area contributed by atoms with Gasteiger partial charge in [-0.1, -0.05) is 6.92 Å². The van der Waals surface area contributed by atoms with Gasteiger partial charge in [-0.05, 0) is 34.5 Å². The Bertz CT molecular complexity index is 268. The van der Waals surface area contributed by atoms with Crippen LogP contribution in [0.3, 0.4) is 0 Å². The third-order valence-electron chi connectivity index (χ3n) is 1.54. The fourth-order valence-corrected chi connectivity index (χ4v) is 1.29. The first-order valence-corrected chi connectivity index (χ1v) is 5.45. The highest BCUT2D eigenvalue weighted by Crippen LogP contribution is 2.20. The first-order valence-electron chi connectivity index (χ1n) is 4.65. The van der Waals surface area contributed by atoms with Gasteiger partial charge in [-0.3, -0.25) is 0 Å². The van der Waals surface area contributed by atoms with Gasteiger partial charge in [0.15, 0.2) is 0 Å². The average Bonchev–Trinajstić information content (AvgIpc) is 2.20. The summed E-state index contributed by atoms with van der Waals surface area (Å²) in [5.41, 5.74) is 0. The summed E-state index contributed by atoms with van der Waals surface area (Å²) < 4.78 is 11.5. The molecule has 0 amide bonds. The van der Waals surface area contributed by atoms with Crippen LogP contribution in [0.5, 0.6) is 5.88 Å². The minimum atomic E-state index is 0.537. The van der Waals surface area contributed by atoms with Crippen molar-refractivity contribution in [3.05, 3.63) is 22.8 Å². The van der Waals surface area contributed by atoms with Crippen molar-refractivity contribution >= 4 is 15.9 Å². The number of nitrogens with zero attached hydrogens (tertiary/aromatic N) is 1. The van der Waals surface area contributed by atoms with E-state index in [0.29, 0.717) is 19.1 Å². The lowest BCUT2D eigenvalue weighted by molar-refractivity contribution is 0.0987. The van der Waals surface area contributed by atoms with Gasteiger partial charge in [-0.2, -0.15) is 0 Å². The Morgan fingerprint density at radius 2 is 2.21 bits per heavy atom. The number of hydrogen-bond acceptors (Lipinski definition) is 3. The van der Waals surface area contributed by atoms with Gasteiger partial charge in [0.1, 0.15) is 6.61 Å². The number of hydrogen-bond donors (Lipinski definition) is 0. The minimum Gasteiger partial charge on any atom is -0.474 e. The van der Waals surface area contributed by atoms with Crippen molar-refractivity contribution in [1.29, 1.82) is 0 Å². The quantitative estimate of drug-likeness (QED) is 0.737. The molecule has 14 heavy (non-hydrogen) atoms. The SMILES string of the molecule is CCCOCCOc1ncccc1Br. The van der Waals surface area contributed by atoms with Gasteiger partial charge < -0.3 is 9.47 Å². The van der Waals surface area contributed by atoms with E-state index >= 15 is 0 Å². The van der Waals surface area contributed by atoms with Gasteiger partial charge in [-0.25, -0.2) is 4.98 Å². The van der Waals surface area contributed by atoms with Crippen LogP contribution in [0, 0.1) is 0 Å². The lowest BCUT2D eigenvalue weighted by Gasteiger charge is -2.06. The number of ether oxygens (including phenoxy) is 2. The van der Waals surface area contributed by atoms with Crippen molar-refractivity contribution in [3.8, 4) is 5.88 Å². The molecule has 0 N–H and O–H groups in total. The van der Waals surface area contributed by atoms with Crippen molar-refractivity contribution in [2.75, 3.05) is 19.8 Å². The maximum atomic E-state index is 5.40. The van der Waals surface area contributed by atoms with E-state index in [-0.39, 0.29) is 0 Å². The van der Waals surface area contributed by atoms with Crippen LogP contribution in [0.1, 0.15) is 13.3 Å². The summed E-state index contributed by atoms with van der Waals surface area (Å²) in [6, 6.07) is 3.75. The molecule has 0 aromatic carbocycles. The fourth-order valence-electron chi connectivity index (χ4n) is 0.921. The molecule has 0 bridgehead atoms. The minimum absolute atomic E-state index is 0.537. The maximum absolute atomic E-state index is 5.40. The molecule has 0 aliphatic carbocycles. The third-order valence-corrected chi connectivity index (χ3v) is 2.14. The standard InChI is InChI=1S/C10H14BrNO2/c1-2-6-13-7-8-14-10-9(11)4-3-5-12-10/h3-5H,2,6-8H2,1H3. The Hall–Kier alpha value is -0.610. The lowest BCUT2D eigenvalue weighted by atomic mass is 10.5. The average molecular weight is 260 g/mol. The molecule has 0 fully saturated rings. The van der Waals surface area contributed by atoms with Crippen molar-refractivity contribution in [2.24, 2.45) is 0 Å². The second kappa shape index (κ2) is 6.79. The van der Waals surface area contributed by atoms with Crippen LogP contribution in [-0.4, -0.2) is 24.8 Å². The second-order valence-electron chi connectivity index (χ2n) is 2.75. The number of pyridine rings is 1. The zero-order valence-corrected chi connectivity index (χ0v) is 9.79. The van der Waals surface area contributed by atoms with Crippen molar-refractivity contribution < 1.29 is 9.47 Å². The van der Waals surface area contributed by atoms with Crippen LogP contribution in [0.2, 0.25) is 0 Å². The summed E-state index contributed by atoms with van der Waals surface area (Å²) in [5.74, 6) is 0.618. The molecule has 0 unspecified atom stereocenters. The molecular weight excluding hydrogens is 246 g/mol. The van der Waals surface area contributed by atoms with E-state index in [2.05, 4.69) is 27.8 Å². The van der Waals surface area contributed by atoms with E-state index in [4.69, 9.17) is 9.47 Å². The predicted octanol–water partition coefficient (Wildman–Crippen LogP) is 2.65. The highest BCUT2D eigenvalue weighted by molar-refractivity contribution is 9.10. The van der Waals surface area contributed by atoms with E-state index in [9.17, 15) is 0 Å². The molecule has 4 heteroatoms. The monoisotopic (exact) mass is 259 g/mol. The molecule has 0 radical (unpaired) electrons. The van der Waals surface area contributed by atoms with Crippen LogP contribution >= 0.6 is 15.9 Å². The largest absolute Gasteiger partial charge is 0.474 e. The summed E-state index contributed by atoms with van der Waals surface area (Å²) in [4.78, 5) is 4.07. The number of rotatable bonds is 6. The predicted molar refractivity (Wildman–Crippen MR) is 58.5 cm³/mol. The Morgan fingerprint density at radius 3 is 2.93 bits per heavy atom. The Kier molecular flexibility index (Phi) is 5.56. The molecule has 0 atom stereocenters. The smallest absolute Gasteiger partial charge is 0.228 e. The molecule has 0 spiro atoms. The zero-order chi connectivity index (χ0) is 10.2. The van der Waals surface area contributed by atoms with Crippen molar-refractivity contribution in [2.45, 2.75) is 13.3 Å². The molecule has 0 saturated heterocycles. The van der Waals surface area contributed by atoms with E-state index in [1.54, 1.807) is 6.20 Å². The molecule has 3 nitrogen and oxygen atoms in total. The first-order chi connectivity index (χ1) is 6.84. The highest BCUT2D eigenvalue weighted by atomic mass is 79.9. The van der Waals surface area contributed by atoms with E-state index < -0.39 is 0 Å². The molecule has 78 valence electrons. The van der Waals surface area contributed by atoms with E-state index in [1.807, 2.05) is 12.1 Å². The third kappa shape index (κ3) is 4.07. The first kappa shape index (κ1) is 11.5. The molecule has 0 saturated carbocycles. The Labute approximate surface area is 92.6 Å². The van der Waals surface area contributed by atoms with Crippen LogP contribution in [0.4, 0.5) is 0 Å². The second-order valence-corrected chi connectivity index (χ2v) is 3.61. The van der Waals surface area contributed by atoms with Gasteiger partial charge in [0.05, 0.1) is 11.1 Å². The molecular formula is C10H14BrNO2. The van der Waals surface area contributed by atoms with Crippen molar-refractivity contribution in [3.63, 3.8) is 0 Å². The molecule has 0 aliphatic heterocycles. The van der Waals surface area contributed by atoms with E-state index in [0.717, 1.165) is 17.5 Å². The van der Waals surface area contributed by atoms with Crippen molar-refractivity contribution in [1.82, 2.24) is 4.98 Å². The van der Waals surface area contributed by atoms with Gasteiger partial charge in [0.2, 0.25) is 5.88 Å². The van der Waals surface area contributed by atoms with Gasteiger partial charge in [0, 0.05) is 12.8 Å². The molecule has 1 aromatic rings. The molecule has 1 heterocycles. The fraction of sp³-hybridized carbons (Fsp3) is 0.500. The highest BCUT2D eigenvalue weighted by Gasteiger charge is 1.99. The molecule has 0 aliphatic rings. The summed E-state index contributed by atoms with van der Waals surface area (Å²) in [5, 5.41) is 0. The zero-order valence-electron chi connectivity index (χ0n) is 8.20. The Balaban J connectivity index is 2.21. The van der Waals surface area contributed by atoms with Crippen LogP contribution < -0.4 is 4.74 Å². The van der Waals surface area contributed by atoms with Gasteiger partial charge in [0.25, 0.3) is 0 Å². The number of halogens is 1. The van der Waals surface area contributed by atoms with Crippen LogP contribution in [0.25, 0.3) is 0 Å². The van der Waals surface area contributed by atoms with Crippen LogP contribution in [-0.2, 0) is 4.74 Å². The summed E-state index contributed by atoms with van der Waals surface area (Å²) >= 11 is 3.35. The molecule has 1 aromatic heterocycles. The normalized spacial score (nSPS) is 10.1. The van der Waals surface area contributed by atoms with Gasteiger partial charge >= 0.3 is 0 Å². The van der Waals surface area contributed by atoms with Gasteiger partial charge in [-0.15, -0.1) is 0 Å². The lowest BCUT2D eigenvalue weighted by Crippen LogP contribution is -2.08. The van der Waals surface area contributed by atoms with E-state index in [1.165, 1.54) is 0 Å². The number of aromatic nitrogens is 1. The summed E-state index contributed by atoms with van der Waals surface area (Å²) in [6.45, 7) is 4.01. The topological polar surface area (TPSA) is 31.4 Å².